The van der Waals surface area contributed by atoms with Crippen LogP contribution in [0.3, 0.4) is 0 Å². The predicted molar refractivity (Wildman–Crippen MR) is 110 cm³/mol. The Hall–Kier alpha value is -3.67. The molecule has 1 fully saturated rings. The van der Waals surface area contributed by atoms with Gasteiger partial charge in [0.15, 0.2) is 0 Å². The third-order valence-corrected chi connectivity index (χ3v) is 5.10. The summed E-state index contributed by atoms with van der Waals surface area (Å²) in [4.78, 5) is 34.5. The first-order chi connectivity index (χ1) is 15.3. The van der Waals surface area contributed by atoms with E-state index in [1.165, 1.54) is 13.3 Å². The van der Waals surface area contributed by atoms with Gasteiger partial charge >= 0.3 is 12.3 Å². The van der Waals surface area contributed by atoms with Gasteiger partial charge in [-0.15, -0.1) is 0 Å². The minimum absolute atomic E-state index is 0.137. The standard InChI is InChI=1S/C20H19F3N6O3/c1-32-19(31)27-13-5-2-4-10-11(8-25-16(10)13)15-12(20(21,22)23)9-26-18(28-15)29-17(30)14-6-3-7-24-14/h2,4-5,8-9,14,24-25H,3,6-7H2,1H3,(H,27,31)(H,26,28,29,30)/t14-/m0/s1. The number of halogens is 3. The molecule has 4 rings (SSSR count). The Morgan fingerprint density at radius 2 is 2.06 bits per heavy atom. The molecule has 4 N–H and O–H groups in total. The van der Waals surface area contributed by atoms with Gasteiger partial charge in [-0.25, -0.2) is 14.8 Å². The number of hydrogen-bond donors (Lipinski definition) is 4. The normalized spacial score (nSPS) is 16.2. The molecule has 1 aliphatic heterocycles. The van der Waals surface area contributed by atoms with Crippen LogP contribution in [0.25, 0.3) is 22.2 Å². The molecule has 1 aromatic carbocycles. The van der Waals surface area contributed by atoms with Crippen LogP contribution in [0.5, 0.6) is 0 Å². The number of hydrogen-bond acceptors (Lipinski definition) is 6. The molecule has 168 valence electrons. The molecule has 12 heteroatoms. The zero-order chi connectivity index (χ0) is 22.9. The third kappa shape index (κ3) is 4.21. The van der Waals surface area contributed by atoms with Gasteiger partial charge in [0.25, 0.3) is 0 Å². The second-order valence-electron chi connectivity index (χ2n) is 7.14. The van der Waals surface area contributed by atoms with Gasteiger partial charge in [-0.3, -0.25) is 15.4 Å². The van der Waals surface area contributed by atoms with Gasteiger partial charge in [0.2, 0.25) is 11.9 Å². The van der Waals surface area contributed by atoms with Crippen LogP contribution < -0.4 is 16.0 Å². The predicted octanol–water partition coefficient (Wildman–Crippen LogP) is 3.51. The number of nitrogens with zero attached hydrogens (tertiary/aromatic N) is 2. The summed E-state index contributed by atoms with van der Waals surface area (Å²) in [6.07, 6.45) is -2.00. The van der Waals surface area contributed by atoms with Crippen molar-refractivity contribution in [3.05, 3.63) is 36.2 Å². The Kier molecular flexibility index (Phi) is 5.70. The number of nitrogens with one attached hydrogen (secondary N) is 4. The molecule has 0 spiro atoms. The summed E-state index contributed by atoms with van der Waals surface area (Å²) in [7, 11) is 1.20. The SMILES string of the molecule is COC(=O)Nc1cccc2c(-c3nc(NC(=O)[C@@H]4CCCN4)ncc3C(F)(F)F)c[nH]c12. The van der Waals surface area contributed by atoms with Crippen LogP contribution in [-0.2, 0) is 15.7 Å². The summed E-state index contributed by atoms with van der Waals surface area (Å²) < 4.78 is 45.7. The average Bonchev–Trinajstić information content (AvgIpc) is 3.43. The first kappa shape index (κ1) is 21.6. The van der Waals surface area contributed by atoms with Gasteiger partial charge in [0, 0.05) is 23.3 Å². The molecule has 0 radical (unpaired) electrons. The fraction of sp³-hybridized carbons (Fsp3) is 0.300. The average molecular weight is 448 g/mol. The lowest BCUT2D eigenvalue weighted by Crippen LogP contribution is -2.36. The van der Waals surface area contributed by atoms with Gasteiger partial charge in [0.1, 0.15) is 5.56 Å². The fourth-order valence-electron chi connectivity index (χ4n) is 3.58. The van der Waals surface area contributed by atoms with Crippen molar-refractivity contribution in [3.63, 3.8) is 0 Å². The summed E-state index contributed by atoms with van der Waals surface area (Å²) in [5.74, 6) is -0.637. The van der Waals surface area contributed by atoms with Gasteiger partial charge in [-0.2, -0.15) is 13.2 Å². The molecule has 0 bridgehead atoms. The Bertz CT molecular complexity index is 1170. The van der Waals surface area contributed by atoms with E-state index < -0.39 is 35.5 Å². The van der Waals surface area contributed by atoms with E-state index in [9.17, 15) is 22.8 Å². The number of anilines is 2. The lowest BCUT2D eigenvalue weighted by atomic mass is 10.1. The minimum Gasteiger partial charge on any atom is -0.453 e. The molecule has 0 aliphatic carbocycles. The number of benzene rings is 1. The molecule has 1 saturated heterocycles. The summed E-state index contributed by atoms with van der Waals surface area (Å²) in [6.45, 7) is 0.689. The number of ether oxygens (including phenoxy) is 1. The van der Waals surface area contributed by atoms with Crippen molar-refractivity contribution < 1.29 is 27.5 Å². The Morgan fingerprint density at radius 1 is 1.25 bits per heavy atom. The maximum absolute atomic E-state index is 13.7. The number of aromatic nitrogens is 3. The zero-order valence-electron chi connectivity index (χ0n) is 16.8. The van der Waals surface area contributed by atoms with Crippen molar-refractivity contribution in [2.75, 3.05) is 24.3 Å². The number of methoxy groups -OCH3 is 1. The topological polar surface area (TPSA) is 121 Å². The lowest BCUT2D eigenvalue weighted by Gasteiger charge is -2.14. The minimum atomic E-state index is -4.73. The van der Waals surface area contributed by atoms with Crippen molar-refractivity contribution >= 4 is 34.5 Å². The van der Waals surface area contributed by atoms with E-state index in [1.54, 1.807) is 18.2 Å². The maximum atomic E-state index is 13.7. The lowest BCUT2D eigenvalue weighted by molar-refractivity contribution is -0.137. The molecule has 1 aliphatic rings. The number of alkyl halides is 3. The molecule has 2 aromatic heterocycles. The molecule has 9 nitrogen and oxygen atoms in total. The number of carbonyl (C=O) groups excluding carboxylic acids is 2. The highest BCUT2D eigenvalue weighted by atomic mass is 19.4. The van der Waals surface area contributed by atoms with Crippen molar-refractivity contribution in [3.8, 4) is 11.3 Å². The first-order valence-corrected chi connectivity index (χ1v) is 9.72. The number of para-hydroxylation sites is 1. The van der Waals surface area contributed by atoms with E-state index in [1.807, 2.05) is 0 Å². The number of aromatic amines is 1. The largest absolute Gasteiger partial charge is 0.453 e. The highest BCUT2D eigenvalue weighted by Gasteiger charge is 2.36. The molecule has 32 heavy (non-hydrogen) atoms. The zero-order valence-corrected chi connectivity index (χ0v) is 16.8. The smallest absolute Gasteiger partial charge is 0.419 e. The van der Waals surface area contributed by atoms with Gasteiger partial charge in [-0.05, 0) is 25.5 Å². The second-order valence-corrected chi connectivity index (χ2v) is 7.14. The number of fused-ring (bicyclic) bond motifs is 1. The van der Waals surface area contributed by atoms with Crippen molar-refractivity contribution in [2.45, 2.75) is 25.1 Å². The van der Waals surface area contributed by atoms with Gasteiger partial charge < -0.3 is 15.0 Å². The molecular weight excluding hydrogens is 429 g/mol. The number of H-pyrrole nitrogens is 1. The van der Waals surface area contributed by atoms with Crippen LogP contribution in [0, 0.1) is 0 Å². The molecule has 2 amide bonds. The maximum Gasteiger partial charge on any atom is 0.419 e. The molecule has 0 saturated carbocycles. The van der Waals surface area contributed by atoms with Crippen LogP contribution in [0.2, 0.25) is 0 Å². The monoisotopic (exact) mass is 448 g/mol. The van der Waals surface area contributed by atoms with E-state index in [4.69, 9.17) is 0 Å². The number of carbonyl (C=O) groups is 2. The fourth-order valence-corrected chi connectivity index (χ4v) is 3.58. The highest BCUT2D eigenvalue weighted by molar-refractivity contribution is 6.04. The quantitative estimate of drug-likeness (QED) is 0.485. The summed E-state index contributed by atoms with van der Waals surface area (Å²) >= 11 is 0. The molecule has 3 aromatic rings. The van der Waals surface area contributed by atoms with E-state index >= 15 is 0 Å². The second kappa shape index (κ2) is 8.46. The van der Waals surface area contributed by atoms with Crippen LogP contribution in [-0.4, -0.2) is 46.6 Å². The summed E-state index contributed by atoms with van der Waals surface area (Å²) in [5.41, 5.74) is -0.604. The highest BCUT2D eigenvalue weighted by Crippen LogP contribution is 2.39. The van der Waals surface area contributed by atoms with Crippen molar-refractivity contribution in [2.24, 2.45) is 0 Å². The molecule has 0 unspecified atom stereocenters. The van der Waals surface area contributed by atoms with Crippen LogP contribution >= 0.6 is 0 Å². The van der Waals surface area contributed by atoms with Gasteiger partial charge in [0.05, 0.1) is 30.0 Å². The molecular formula is C20H19F3N6O3. The molecule has 3 heterocycles. The number of rotatable bonds is 4. The Labute approximate surface area is 179 Å². The van der Waals surface area contributed by atoms with Crippen LogP contribution in [0.15, 0.2) is 30.6 Å². The number of amides is 2. The first-order valence-electron chi connectivity index (χ1n) is 9.72. The Morgan fingerprint density at radius 3 is 2.75 bits per heavy atom. The van der Waals surface area contributed by atoms with Gasteiger partial charge in [-0.1, -0.05) is 12.1 Å². The van der Waals surface area contributed by atoms with E-state index in [2.05, 4.69) is 35.6 Å². The Balaban J connectivity index is 1.77. The molecule has 1 atom stereocenters. The van der Waals surface area contributed by atoms with E-state index in [0.717, 1.165) is 6.42 Å². The van der Waals surface area contributed by atoms with Crippen molar-refractivity contribution in [1.82, 2.24) is 20.3 Å². The van der Waals surface area contributed by atoms with Crippen LogP contribution in [0.4, 0.5) is 29.6 Å². The third-order valence-electron chi connectivity index (χ3n) is 5.10. The van der Waals surface area contributed by atoms with E-state index in [0.29, 0.717) is 35.8 Å². The summed E-state index contributed by atoms with van der Waals surface area (Å²) in [6, 6.07) is 4.30. The van der Waals surface area contributed by atoms with Crippen LogP contribution in [0.1, 0.15) is 18.4 Å². The summed E-state index contributed by atoms with van der Waals surface area (Å²) in [5, 5.41) is 8.38. The van der Waals surface area contributed by atoms with Crippen molar-refractivity contribution in [1.29, 1.82) is 0 Å². The van der Waals surface area contributed by atoms with E-state index in [-0.39, 0.29) is 11.5 Å².